The van der Waals surface area contributed by atoms with Gasteiger partial charge in [-0.2, -0.15) is 0 Å². The molecule has 2 aromatic carbocycles. The zero-order chi connectivity index (χ0) is 15.1. The van der Waals surface area contributed by atoms with Crippen molar-refractivity contribution in [2.24, 2.45) is 0 Å². The van der Waals surface area contributed by atoms with Crippen molar-refractivity contribution in [2.45, 2.75) is 25.6 Å². The first-order chi connectivity index (χ1) is 9.58. The number of ketones is 1. The molecular weight excluding hydrogens is 319 g/mol. The molecule has 1 nitrogen and oxygen atoms in total. The third kappa shape index (κ3) is 4.27. The number of hydrogen-bond acceptors (Lipinski definition) is 1. The number of Topliss-reactive ketones (excluding diaryl/α,β-unsaturated/α-hetero) is 1. The first kappa shape index (κ1) is 16.6. The van der Waals surface area contributed by atoms with Crippen molar-refractivity contribution < 1.29 is 9.18 Å². The van der Waals surface area contributed by atoms with Gasteiger partial charge in [0.25, 0.3) is 0 Å². The summed E-state index contributed by atoms with van der Waals surface area (Å²) in [5.41, 5.74) is 2.51. The lowest BCUT2D eigenvalue weighted by Crippen LogP contribution is -2.07. The summed E-state index contributed by atoms with van der Waals surface area (Å²) in [5.74, 6) is -0.331. The summed E-state index contributed by atoms with van der Waals surface area (Å²) >= 11 is 3.36. The summed E-state index contributed by atoms with van der Waals surface area (Å²) in [5, 5.41) is 0. The van der Waals surface area contributed by atoms with E-state index in [2.05, 4.69) is 15.9 Å². The van der Waals surface area contributed by atoms with Crippen molar-refractivity contribution in [3.8, 4) is 0 Å². The summed E-state index contributed by atoms with van der Waals surface area (Å²) in [6.45, 7) is 5.97. The minimum atomic E-state index is -0.444. The summed E-state index contributed by atoms with van der Waals surface area (Å²) in [6, 6.07) is 13.3. The second-order valence-corrected chi connectivity index (χ2v) is 5.06. The standard InChI is InChI=1S/C15H12BrFO.C2H6/c1-10-2-4-12(5-3-10)15(18)14(16)11-6-8-13(17)9-7-11;1-2/h2-9,14H,1H3;1-2H3. The lowest BCUT2D eigenvalue weighted by molar-refractivity contribution is 0.0991. The Labute approximate surface area is 128 Å². The highest BCUT2D eigenvalue weighted by atomic mass is 79.9. The molecule has 0 radical (unpaired) electrons. The third-order valence-corrected chi connectivity index (χ3v) is 3.67. The van der Waals surface area contributed by atoms with Crippen LogP contribution in [0.15, 0.2) is 48.5 Å². The fourth-order valence-electron chi connectivity index (χ4n) is 1.65. The van der Waals surface area contributed by atoms with Gasteiger partial charge >= 0.3 is 0 Å². The van der Waals surface area contributed by atoms with Crippen LogP contribution in [0.5, 0.6) is 0 Å². The Morgan fingerprint density at radius 2 is 1.50 bits per heavy atom. The Hall–Kier alpha value is -1.48. The van der Waals surface area contributed by atoms with E-state index in [9.17, 15) is 9.18 Å². The molecule has 1 unspecified atom stereocenters. The van der Waals surface area contributed by atoms with Crippen LogP contribution in [0, 0.1) is 12.7 Å². The molecular formula is C17H18BrFO. The molecule has 2 aromatic rings. The monoisotopic (exact) mass is 336 g/mol. The molecule has 0 fully saturated rings. The molecule has 3 heteroatoms. The highest BCUT2D eigenvalue weighted by Gasteiger charge is 2.18. The van der Waals surface area contributed by atoms with Crippen molar-refractivity contribution in [3.63, 3.8) is 0 Å². The van der Waals surface area contributed by atoms with Gasteiger partial charge in [0.15, 0.2) is 5.78 Å². The maximum absolute atomic E-state index is 12.8. The van der Waals surface area contributed by atoms with E-state index in [1.807, 2.05) is 32.9 Å². The first-order valence-corrected chi connectivity index (χ1v) is 7.50. The fraction of sp³-hybridized carbons (Fsp3) is 0.235. The SMILES string of the molecule is CC.Cc1ccc(C(=O)C(Br)c2ccc(F)cc2)cc1. The molecule has 0 heterocycles. The van der Waals surface area contributed by atoms with E-state index in [1.165, 1.54) is 12.1 Å². The van der Waals surface area contributed by atoms with Gasteiger partial charge in [-0.3, -0.25) is 4.79 Å². The van der Waals surface area contributed by atoms with E-state index in [-0.39, 0.29) is 11.6 Å². The minimum absolute atomic E-state index is 0.0263. The van der Waals surface area contributed by atoms with E-state index in [4.69, 9.17) is 0 Å². The molecule has 106 valence electrons. The molecule has 0 aliphatic rings. The van der Waals surface area contributed by atoms with Crippen molar-refractivity contribution >= 4 is 21.7 Å². The zero-order valence-electron chi connectivity index (χ0n) is 11.9. The average Bonchev–Trinajstić information content (AvgIpc) is 2.49. The molecule has 0 aliphatic heterocycles. The van der Waals surface area contributed by atoms with E-state index in [1.54, 1.807) is 24.3 Å². The van der Waals surface area contributed by atoms with Gasteiger partial charge in [0, 0.05) is 5.56 Å². The minimum Gasteiger partial charge on any atom is -0.293 e. The van der Waals surface area contributed by atoms with Gasteiger partial charge in [-0.1, -0.05) is 71.7 Å². The fourth-order valence-corrected chi connectivity index (χ4v) is 2.22. The zero-order valence-corrected chi connectivity index (χ0v) is 13.4. The van der Waals surface area contributed by atoms with E-state index in [0.29, 0.717) is 5.56 Å². The second-order valence-electron chi connectivity index (χ2n) is 4.14. The first-order valence-electron chi connectivity index (χ1n) is 6.58. The largest absolute Gasteiger partial charge is 0.293 e. The molecule has 0 spiro atoms. The number of aryl methyl sites for hydroxylation is 1. The molecule has 0 amide bonds. The van der Waals surface area contributed by atoms with Gasteiger partial charge in [0.05, 0.1) is 0 Å². The van der Waals surface area contributed by atoms with Gasteiger partial charge < -0.3 is 0 Å². The van der Waals surface area contributed by atoms with Crippen LogP contribution in [0.3, 0.4) is 0 Å². The van der Waals surface area contributed by atoms with Gasteiger partial charge in [0.1, 0.15) is 10.6 Å². The van der Waals surface area contributed by atoms with Crippen LogP contribution in [-0.2, 0) is 0 Å². The lowest BCUT2D eigenvalue weighted by Gasteiger charge is -2.09. The molecule has 0 N–H and O–H groups in total. The van der Waals surface area contributed by atoms with Crippen LogP contribution in [0.25, 0.3) is 0 Å². The topological polar surface area (TPSA) is 17.1 Å². The Morgan fingerprint density at radius 3 is 2.00 bits per heavy atom. The molecule has 0 aliphatic carbocycles. The van der Waals surface area contributed by atoms with Gasteiger partial charge in [-0.25, -0.2) is 4.39 Å². The number of hydrogen-bond donors (Lipinski definition) is 0. The van der Waals surface area contributed by atoms with Crippen LogP contribution < -0.4 is 0 Å². The van der Waals surface area contributed by atoms with Crippen molar-refractivity contribution in [1.29, 1.82) is 0 Å². The summed E-state index contributed by atoms with van der Waals surface area (Å²) in [4.78, 5) is 11.8. The Balaban J connectivity index is 0.000000956. The van der Waals surface area contributed by atoms with Gasteiger partial charge in [-0.05, 0) is 24.6 Å². The van der Waals surface area contributed by atoms with Crippen LogP contribution >= 0.6 is 15.9 Å². The number of carbonyl (C=O) groups is 1. The van der Waals surface area contributed by atoms with Crippen molar-refractivity contribution in [1.82, 2.24) is 0 Å². The highest BCUT2D eigenvalue weighted by Crippen LogP contribution is 2.27. The molecule has 2 rings (SSSR count). The van der Waals surface area contributed by atoms with Crippen molar-refractivity contribution in [3.05, 3.63) is 71.0 Å². The lowest BCUT2D eigenvalue weighted by atomic mass is 10.0. The summed E-state index contributed by atoms with van der Waals surface area (Å²) in [6.07, 6.45) is 0. The number of halogens is 2. The normalized spacial score (nSPS) is 11.2. The maximum Gasteiger partial charge on any atom is 0.180 e. The van der Waals surface area contributed by atoms with E-state index in [0.717, 1.165) is 11.1 Å². The molecule has 0 saturated carbocycles. The van der Waals surface area contributed by atoms with E-state index >= 15 is 0 Å². The van der Waals surface area contributed by atoms with Crippen LogP contribution in [0.4, 0.5) is 4.39 Å². The third-order valence-electron chi connectivity index (χ3n) is 2.73. The second kappa shape index (κ2) is 7.95. The van der Waals surface area contributed by atoms with Crippen LogP contribution in [-0.4, -0.2) is 5.78 Å². The van der Waals surface area contributed by atoms with Gasteiger partial charge in [-0.15, -0.1) is 0 Å². The average molecular weight is 337 g/mol. The molecule has 0 saturated heterocycles. The van der Waals surface area contributed by atoms with Crippen LogP contribution in [0.1, 0.15) is 40.2 Å². The van der Waals surface area contributed by atoms with Gasteiger partial charge in [0.2, 0.25) is 0 Å². The Morgan fingerprint density at radius 1 is 1.00 bits per heavy atom. The number of rotatable bonds is 3. The number of benzene rings is 2. The molecule has 1 atom stereocenters. The van der Waals surface area contributed by atoms with E-state index < -0.39 is 4.83 Å². The number of alkyl halides is 1. The molecule has 0 aromatic heterocycles. The highest BCUT2D eigenvalue weighted by molar-refractivity contribution is 9.09. The summed E-state index contributed by atoms with van der Waals surface area (Å²) in [7, 11) is 0. The maximum atomic E-state index is 12.8. The smallest absolute Gasteiger partial charge is 0.180 e. The predicted molar refractivity (Wildman–Crippen MR) is 84.9 cm³/mol. The predicted octanol–water partition coefficient (Wildman–Crippen LogP) is 5.48. The Bertz CT molecular complexity index is 546. The quantitative estimate of drug-likeness (QED) is 0.535. The summed E-state index contributed by atoms with van der Waals surface area (Å²) < 4.78 is 12.8. The molecule has 20 heavy (non-hydrogen) atoms. The number of carbonyl (C=O) groups excluding carboxylic acids is 1. The van der Waals surface area contributed by atoms with Crippen LogP contribution in [0.2, 0.25) is 0 Å². The van der Waals surface area contributed by atoms with Crippen molar-refractivity contribution in [2.75, 3.05) is 0 Å². The Kier molecular flexibility index (Phi) is 6.59. The molecule has 0 bridgehead atoms.